The molecule has 0 amide bonds. The Hall–Kier alpha value is -0.0431. The Labute approximate surface area is 124 Å². The van der Waals surface area contributed by atoms with Crippen LogP contribution in [0.3, 0.4) is 0 Å². The highest BCUT2D eigenvalue weighted by Gasteiger charge is 2.09. The van der Waals surface area contributed by atoms with E-state index in [0.717, 1.165) is 38.5 Å². The second kappa shape index (κ2) is 14.4. The van der Waals surface area contributed by atoms with Gasteiger partial charge in [0.2, 0.25) is 0 Å². The molecule has 0 N–H and O–H groups in total. The van der Waals surface area contributed by atoms with Crippen molar-refractivity contribution in [1.29, 1.82) is 0 Å². The van der Waals surface area contributed by atoms with E-state index in [9.17, 15) is 4.79 Å². The van der Waals surface area contributed by atoms with Crippen molar-refractivity contribution in [2.45, 2.75) is 51.5 Å². The van der Waals surface area contributed by atoms with Crippen molar-refractivity contribution in [2.75, 3.05) is 25.6 Å². The van der Waals surface area contributed by atoms with Gasteiger partial charge >= 0.3 is 5.97 Å². The summed E-state index contributed by atoms with van der Waals surface area (Å²) in [6, 6.07) is 1.08. The molecule has 0 heterocycles. The monoisotopic (exact) mass is 308 g/mol. The van der Waals surface area contributed by atoms with Crippen LogP contribution in [0.1, 0.15) is 39.5 Å². The minimum Gasteiger partial charge on any atom is -0.466 e. The van der Waals surface area contributed by atoms with E-state index < -0.39 is 9.52 Å². The summed E-state index contributed by atoms with van der Waals surface area (Å²) >= 11 is 3.99. The third-order valence-electron chi connectivity index (χ3n) is 2.43. The standard InChI is InChI=1S/C13H28O4SSi/c1-3-7-16-13(17-8-4-2)19-11-5-9-15-12(14)6-10-18/h13,18H,3-11,19H2,1-2H3. The maximum atomic E-state index is 11.1. The SMILES string of the molecule is CCCOC(OCCC)[SiH2]CCCOC(=O)CCS. The molecule has 0 unspecified atom stereocenters. The molecule has 0 aliphatic carbocycles. The molecular formula is C13H28O4SSi. The van der Waals surface area contributed by atoms with Gasteiger partial charge in [0.05, 0.1) is 22.5 Å². The van der Waals surface area contributed by atoms with Gasteiger partial charge in [0.1, 0.15) is 5.91 Å². The number of esters is 1. The van der Waals surface area contributed by atoms with Crippen molar-refractivity contribution < 1.29 is 19.0 Å². The minimum absolute atomic E-state index is 0.0213. The Morgan fingerprint density at radius 2 is 1.79 bits per heavy atom. The van der Waals surface area contributed by atoms with Gasteiger partial charge in [0.15, 0.2) is 0 Å². The summed E-state index contributed by atoms with van der Waals surface area (Å²) in [6.45, 7) is 6.23. The zero-order valence-electron chi connectivity index (χ0n) is 12.2. The third kappa shape index (κ3) is 12.7. The van der Waals surface area contributed by atoms with Crippen LogP contribution in [-0.2, 0) is 19.0 Å². The summed E-state index contributed by atoms with van der Waals surface area (Å²) in [5.74, 6) is 0.413. The van der Waals surface area contributed by atoms with Crippen LogP contribution in [0.4, 0.5) is 0 Å². The molecule has 0 aromatic rings. The fraction of sp³-hybridized carbons (Fsp3) is 0.923. The molecule has 114 valence electrons. The molecule has 0 aromatic heterocycles. The van der Waals surface area contributed by atoms with Crippen LogP contribution < -0.4 is 0 Å². The summed E-state index contributed by atoms with van der Waals surface area (Å²) in [5, 5.41) is 0. The topological polar surface area (TPSA) is 44.8 Å². The summed E-state index contributed by atoms with van der Waals surface area (Å²) in [6.07, 6.45) is 3.33. The van der Waals surface area contributed by atoms with E-state index in [1.54, 1.807) is 0 Å². The van der Waals surface area contributed by atoms with Crippen LogP contribution >= 0.6 is 12.6 Å². The zero-order valence-corrected chi connectivity index (χ0v) is 14.5. The average molecular weight is 309 g/mol. The van der Waals surface area contributed by atoms with Gasteiger partial charge in [-0.2, -0.15) is 12.6 Å². The van der Waals surface area contributed by atoms with Gasteiger partial charge in [-0.25, -0.2) is 0 Å². The van der Waals surface area contributed by atoms with Crippen molar-refractivity contribution >= 4 is 28.1 Å². The molecule has 0 radical (unpaired) electrons. The number of carbonyl (C=O) groups excluding carboxylic acids is 1. The van der Waals surface area contributed by atoms with Gasteiger partial charge < -0.3 is 14.2 Å². The van der Waals surface area contributed by atoms with E-state index in [0.29, 0.717) is 18.8 Å². The van der Waals surface area contributed by atoms with Crippen LogP contribution in [0.5, 0.6) is 0 Å². The third-order valence-corrected chi connectivity index (χ3v) is 4.50. The predicted octanol–water partition coefficient (Wildman–Crippen LogP) is 1.96. The van der Waals surface area contributed by atoms with Crippen LogP contribution in [-0.4, -0.2) is 47.0 Å². The highest BCUT2D eigenvalue weighted by Crippen LogP contribution is 2.02. The fourth-order valence-electron chi connectivity index (χ4n) is 1.48. The predicted molar refractivity (Wildman–Crippen MR) is 83.7 cm³/mol. The van der Waals surface area contributed by atoms with Crippen LogP contribution in [0.15, 0.2) is 0 Å². The fourth-order valence-corrected chi connectivity index (χ4v) is 3.15. The molecule has 0 bridgehead atoms. The number of thiol groups is 1. The highest BCUT2D eigenvalue weighted by molar-refractivity contribution is 7.80. The lowest BCUT2D eigenvalue weighted by Gasteiger charge is -2.17. The molecule has 19 heavy (non-hydrogen) atoms. The molecule has 0 aliphatic rings. The lowest BCUT2D eigenvalue weighted by Crippen LogP contribution is -2.25. The van der Waals surface area contributed by atoms with Crippen molar-refractivity contribution in [3.8, 4) is 0 Å². The second-order valence-corrected chi connectivity index (χ2v) is 6.76. The normalized spacial score (nSPS) is 11.6. The van der Waals surface area contributed by atoms with E-state index in [1.165, 1.54) is 0 Å². The number of hydrogen-bond donors (Lipinski definition) is 1. The molecule has 4 nitrogen and oxygen atoms in total. The van der Waals surface area contributed by atoms with E-state index in [2.05, 4.69) is 26.5 Å². The summed E-state index contributed by atoms with van der Waals surface area (Å²) in [5.41, 5.74) is 0. The number of rotatable bonds is 13. The largest absolute Gasteiger partial charge is 0.466 e. The summed E-state index contributed by atoms with van der Waals surface area (Å²) in [4.78, 5) is 11.1. The summed E-state index contributed by atoms with van der Waals surface area (Å²) < 4.78 is 16.4. The van der Waals surface area contributed by atoms with Gasteiger partial charge in [-0.05, 0) is 19.3 Å². The van der Waals surface area contributed by atoms with Crippen LogP contribution in [0, 0.1) is 0 Å². The molecule has 0 saturated heterocycles. The van der Waals surface area contributed by atoms with E-state index in [-0.39, 0.29) is 11.9 Å². The number of carbonyl (C=O) groups is 1. The Bertz CT molecular complexity index is 209. The first-order valence-corrected chi connectivity index (χ1v) is 9.69. The first-order valence-electron chi connectivity index (χ1n) is 7.24. The van der Waals surface area contributed by atoms with Crippen LogP contribution in [0.25, 0.3) is 0 Å². The first kappa shape index (κ1) is 19.0. The highest BCUT2D eigenvalue weighted by atomic mass is 32.1. The van der Waals surface area contributed by atoms with Gasteiger partial charge in [0.25, 0.3) is 0 Å². The molecule has 0 atom stereocenters. The number of hydrogen-bond acceptors (Lipinski definition) is 5. The Balaban J connectivity index is 3.58. The molecule has 0 spiro atoms. The average Bonchev–Trinajstić information content (AvgIpc) is 2.41. The van der Waals surface area contributed by atoms with Crippen molar-refractivity contribution in [3.05, 3.63) is 0 Å². The van der Waals surface area contributed by atoms with Crippen molar-refractivity contribution in [2.24, 2.45) is 0 Å². The van der Waals surface area contributed by atoms with Gasteiger partial charge in [-0.3, -0.25) is 4.79 Å². The smallest absolute Gasteiger partial charge is 0.306 e. The first-order chi connectivity index (χ1) is 9.24. The Morgan fingerprint density at radius 3 is 2.32 bits per heavy atom. The van der Waals surface area contributed by atoms with E-state index >= 15 is 0 Å². The molecule has 0 saturated carbocycles. The molecule has 0 aromatic carbocycles. The molecule has 6 heteroatoms. The Kier molecular flexibility index (Phi) is 14.3. The second-order valence-electron chi connectivity index (χ2n) is 4.36. The molecule has 0 fully saturated rings. The maximum Gasteiger partial charge on any atom is 0.306 e. The molecule has 0 aliphatic heterocycles. The van der Waals surface area contributed by atoms with Crippen molar-refractivity contribution in [3.63, 3.8) is 0 Å². The minimum atomic E-state index is -0.423. The van der Waals surface area contributed by atoms with Gasteiger partial charge in [-0.1, -0.05) is 19.9 Å². The summed E-state index contributed by atoms with van der Waals surface area (Å²) in [7, 11) is -0.423. The zero-order chi connectivity index (χ0) is 14.3. The van der Waals surface area contributed by atoms with Gasteiger partial charge in [-0.15, -0.1) is 0 Å². The quantitative estimate of drug-likeness (QED) is 0.186. The lowest BCUT2D eigenvalue weighted by molar-refractivity contribution is -0.143. The van der Waals surface area contributed by atoms with E-state index in [4.69, 9.17) is 14.2 Å². The lowest BCUT2D eigenvalue weighted by atomic mass is 10.5. The van der Waals surface area contributed by atoms with Crippen molar-refractivity contribution in [1.82, 2.24) is 0 Å². The van der Waals surface area contributed by atoms with E-state index in [1.807, 2.05) is 0 Å². The van der Waals surface area contributed by atoms with Gasteiger partial charge in [0, 0.05) is 19.0 Å². The molecular weight excluding hydrogens is 280 g/mol. The molecule has 0 rings (SSSR count). The van der Waals surface area contributed by atoms with Crippen LogP contribution in [0.2, 0.25) is 6.04 Å². The maximum absolute atomic E-state index is 11.1. The number of ether oxygens (including phenoxy) is 3. The Morgan fingerprint density at radius 1 is 1.16 bits per heavy atom.